The predicted molar refractivity (Wildman–Crippen MR) is 32.0 cm³/mol. The fraction of sp³-hybridized carbons (Fsp3) is 0. The molecule has 0 aliphatic rings. The van der Waals surface area contributed by atoms with E-state index in [4.69, 9.17) is 22.4 Å². The average Bonchev–Trinajstić information content (AvgIpc) is 1.59. The molecule has 0 saturated carbocycles. The average molecular weight is 304 g/mol. The molecule has 0 fully saturated rings. The summed E-state index contributed by atoms with van der Waals surface area (Å²) in [5.41, 5.74) is 0. The molecule has 0 rings (SSSR count). The minimum atomic E-state index is -4.71. The van der Waals surface area contributed by atoms with E-state index >= 15 is 0 Å². The Hall–Kier alpha value is 3.36. The molecule has 70 valence electrons. The van der Waals surface area contributed by atoms with Crippen LogP contribution in [0.3, 0.4) is 0 Å². The van der Waals surface area contributed by atoms with Crippen molar-refractivity contribution >= 4 is 30.6 Å². The van der Waals surface area contributed by atoms with Gasteiger partial charge in [0, 0.05) is 0 Å². The van der Waals surface area contributed by atoms with Gasteiger partial charge < -0.3 is 9.11 Å². The summed E-state index contributed by atoms with van der Waals surface area (Å²) in [5, 5.41) is 0. The van der Waals surface area contributed by atoms with Crippen LogP contribution in [0.2, 0.25) is 0 Å². The van der Waals surface area contributed by atoms with Crippen LogP contribution in [0.25, 0.3) is 0 Å². The second kappa shape index (κ2) is 13.4. The Bertz CT molecular complexity index is 236. The van der Waals surface area contributed by atoms with Crippen molar-refractivity contribution in [2.24, 2.45) is 0 Å². The topological polar surface area (TPSA) is 155 Å². The molecule has 0 aromatic rings. The van der Waals surface area contributed by atoms with E-state index in [0.29, 0.717) is 0 Å². The largest absolute Gasteiger partial charge is 1.00 e. The zero-order valence-corrected chi connectivity index (χ0v) is 15.3. The quantitative estimate of drug-likeness (QED) is 0.209. The first kappa shape index (κ1) is 25.3. The van der Waals surface area contributed by atoms with Crippen LogP contribution in [0.4, 0.5) is 0 Å². The van der Waals surface area contributed by atoms with Gasteiger partial charge in [-0.05, 0) is 0 Å². The van der Waals surface area contributed by atoms with Gasteiger partial charge in [-0.25, -0.2) is 4.21 Å². The van der Waals surface area contributed by atoms with Crippen LogP contribution in [0.5, 0.6) is 0 Å². The maximum absolute atomic E-state index is 9.34. The zero-order chi connectivity index (χ0) is 9.65. The Labute approximate surface area is 164 Å². The Kier molecular flexibility index (Phi) is 26.1. The minimum absolute atomic E-state index is 0. The summed E-state index contributed by atoms with van der Waals surface area (Å²) in [5.74, 6) is 0. The van der Waals surface area contributed by atoms with Crippen molar-refractivity contribution in [2.45, 2.75) is 0 Å². The van der Waals surface area contributed by atoms with E-state index in [2.05, 4.69) is 0 Å². The van der Waals surface area contributed by atoms with Gasteiger partial charge in [0.15, 0.2) is 0 Å². The normalized spacial score (nSPS) is 11.5. The molecule has 1 atom stereocenters. The smallest absolute Gasteiger partial charge is 0.784 e. The van der Waals surface area contributed by atoms with Gasteiger partial charge in [-0.1, -0.05) is 0 Å². The first-order chi connectivity index (χ1) is 4.68. The molecular formula is H2K2O8S3. The van der Waals surface area contributed by atoms with Crippen LogP contribution >= 0.6 is 0 Å². The minimum Gasteiger partial charge on any atom is -0.784 e. The van der Waals surface area contributed by atoms with Crippen molar-refractivity contribution < 1.29 is 138 Å². The third kappa shape index (κ3) is 31.3. The molecule has 13 heteroatoms. The van der Waals surface area contributed by atoms with E-state index in [9.17, 15) is 12.6 Å². The molecule has 1 unspecified atom stereocenters. The van der Waals surface area contributed by atoms with Gasteiger partial charge in [-0.3, -0.25) is 13.3 Å². The number of hydrogen-bond acceptors (Lipinski definition) is 6. The third-order valence-electron chi connectivity index (χ3n) is 0.180. The molecule has 0 aliphatic heterocycles. The molecule has 0 aliphatic carbocycles. The Morgan fingerprint density at radius 1 is 1.08 bits per heavy atom. The Balaban J connectivity index is -0.0000000600. The van der Waals surface area contributed by atoms with Crippen molar-refractivity contribution in [3.05, 3.63) is 0 Å². The molecule has 2 N–H and O–H groups in total. The van der Waals surface area contributed by atoms with Gasteiger partial charge >= 0.3 is 122 Å². The summed E-state index contributed by atoms with van der Waals surface area (Å²) >= 11 is -3.11. The van der Waals surface area contributed by atoms with E-state index in [1.165, 1.54) is 0 Å². The van der Waals surface area contributed by atoms with Gasteiger partial charge in [-0.2, -0.15) is 8.42 Å². The van der Waals surface area contributed by atoms with Crippen LogP contribution in [0.15, 0.2) is 0 Å². The summed E-state index contributed by atoms with van der Waals surface area (Å²) in [6, 6.07) is 0. The van der Waals surface area contributed by atoms with Crippen LogP contribution in [0, 0.1) is 0 Å². The standard InChI is InChI=1S/2K.H2O5S2.H2O3S/c;;1-6(2)7(3,4)5;1-4(2)3/h;;(H,1,2)(H,3,4,5);(H2,1,2,3)/q2*+1;;/p-2. The monoisotopic (exact) mass is 304 g/mol. The summed E-state index contributed by atoms with van der Waals surface area (Å²) < 4.78 is 68.3. The number of hydrogen-bond donors (Lipinski definition) is 2. The summed E-state index contributed by atoms with van der Waals surface area (Å²) in [4.78, 5) is 0. The molecular weight excluding hydrogens is 302 g/mol. The van der Waals surface area contributed by atoms with Gasteiger partial charge in [0.2, 0.25) is 0 Å². The predicted octanol–water partition coefficient (Wildman–Crippen LogP) is -7.99. The van der Waals surface area contributed by atoms with Crippen LogP contribution < -0.4 is 103 Å². The summed E-state index contributed by atoms with van der Waals surface area (Å²) in [6.07, 6.45) is 0. The van der Waals surface area contributed by atoms with Crippen molar-refractivity contribution in [1.29, 1.82) is 0 Å². The maximum Gasteiger partial charge on any atom is 1.00 e. The van der Waals surface area contributed by atoms with Crippen molar-refractivity contribution in [3.63, 3.8) is 0 Å². The van der Waals surface area contributed by atoms with Crippen molar-refractivity contribution in [3.8, 4) is 0 Å². The maximum atomic E-state index is 9.34. The first-order valence-corrected chi connectivity index (χ1v) is 5.60. The van der Waals surface area contributed by atoms with E-state index in [-0.39, 0.29) is 103 Å². The fourth-order valence-corrected chi connectivity index (χ4v) is 0. The molecule has 0 saturated heterocycles. The van der Waals surface area contributed by atoms with Crippen LogP contribution in [-0.4, -0.2) is 35.0 Å². The zero-order valence-electron chi connectivity index (χ0n) is 6.57. The summed E-state index contributed by atoms with van der Waals surface area (Å²) in [6.45, 7) is 0. The SMILES string of the molecule is O=S(O)S(=O)(=O)O.O=S([O-])[O-].[K+].[K+]. The molecule has 13 heavy (non-hydrogen) atoms. The molecule has 0 heterocycles. The number of rotatable bonds is 1. The Morgan fingerprint density at radius 3 is 1.15 bits per heavy atom. The molecule has 0 spiro atoms. The van der Waals surface area contributed by atoms with E-state index in [0.717, 1.165) is 0 Å². The molecule has 0 radical (unpaired) electrons. The van der Waals surface area contributed by atoms with Gasteiger partial charge in [0.05, 0.1) is 0 Å². The van der Waals surface area contributed by atoms with Crippen LogP contribution in [-0.2, 0) is 30.6 Å². The molecule has 0 aromatic carbocycles. The second-order valence-electron chi connectivity index (χ2n) is 0.849. The second-order valence-corrected chi connectivity index (χ2v) is 4.67. The van der Waals surface area contributed by atoms with Crippen molar-refractivity contribution in [2.75, 3.05) is 0 Å². The third-order valence-corrected chi connectivity index (χ3v) is 1.62. The van der Waals surface area contributed by atoms with E-state index in [1.807, 2.05) is 0 Å². The fourth-order valence-electron chi connectivity index (χ4n) is 0. The van der Waals surface area contributed by atoms with Gasteiger partial charge in [0.25, 0.3) is 0 Å². The van der Waals surface area contributed by atoms with E-state index in [1.54, 1.807) is 0 Å². The van der Waals surface area contributed by atoms with E-state index < -0.39 is 30.6 Å². The molecule has 0 bridgehead atoms. The first-order valence-electron chi connectivity index (χ1n) is 1.53. The summed E-state index contributed by atoms with van der Waals surface area (Å²) in [7, 11) is -7.87. The molecule has 8 nitrogen and oxygen atoms in total. The van der Waals surface area contributed by atoms with Crippen LogP contribution in [0.1, 0.15) is 0 Å². The molecule has 0 aromatic heterocycles. The van der Waals surface area contributed by atoms with Gasteiger partial charge in [0.1, 0.15) is 0 Å². The van der Waals surface area contributed by atoms with Crippen molar-refractivity contribution in [1.82, 2.24) is 0 Å². The van der Waals surface area contributed by atoms with Gasteiger partial charge in [-0.15, -0.1) is 11.4 Å². The Morgan fingerprint density at radius 2 is 1.15 bits per heavy atom. The molecule has 0 amide bonds.